The minimum absolute atomic E-state index is 0.0740. The average molecular weight is 382 g/mol. The number of nitrogens with one attached hydrogen (secondary N) is 4. The molecule has 4 N–H and O–H groups in total. The van der Waals surface area contributed by atoms with Crippen LogP contribution in [0, 0.1) is 5.41 Å². The molecule has 0 aliphatic carbocycles. The van der Waals surface area contributed by atoms with Gasteiger partial charge in [0.25, 0.3) is 0 Å². The molecular weight excluding hydrogens is 356 g/mol. The second kappa shape index (κ2) is 9.55. The molecule has 0 fully saturated rings. The van der Waals surface area contributed by atoms with Crippen LogP contribution in [-0.4, -0.2) is 24.4 Å². The Bertz CT molecular complexity index is 829. The van der Waals surface area contributed by atoms with Gasteiger partial charge in [-0.15, -0.1) is 0 Å². The maximum absolute atomic E-state index is 12.1. The van der Waals surface area contributed by atoms with Gasteiger partial charge in [-0.3, -0.25) is 14.9 Å². The molecule has 2 rings (SSSR count). The van der Waals surface area contributed by atoms with E-state index in [0.29, 0.717) is 17.9 Å². The highest BCUT2D eigenvalue weighted by molar-refractivity contribution is 5.97. The zero-order valence-electron chi connectivity index (χ0n) is 16.3. The molecule has 0 aliphatic rings. The van der Waals surface area contributed by atoms with Crippen molar-refractivity contribution < 1.29 is 14.4 Å². The number of benzene rings is 2. The van der Waals surface area contributed by atoms with Crippen molar-refractivity contribution in [3.63, 3.8) is 0 Å². The molecule has 0 radical (unpaired) electrons. The molecule has 0 saturated carbocycles. The summed E-state index contributed by atoms with van der Waals surface area (Å²) >= 11 is 0. The van der Waals surface area contributed by atoms with Gasteiger partial charge in [0.2, 0.25) is 11.8 Å². The fourth-order valence-electron chi connectivity index (χ4n) is 2.20. The summed E-state index contributed by atoms with van der Waals surface area (Å²) in [6, 6.07) is 15.9. The maximum Gasteiger partial charge on any atom is 0.321 e. The topological polar surface area (TPSA) is 99.3 Å². The van der Waals surface area contributed by atoms with E-state index in [1.54, 1.807) is 24.3 Å². The van der Waals surface area contributed by atoms with Crippen LogP contribution < -0.4 is 21.3 Å². The molecule has 7 heteroatoms. The molecule has 2 aromatic carbocycles. The van der Waals surface area contributed by atoms with Crippen LogP contribution in [0.5, 0.6) is 0 Å². The van der Waals surface area contributed by atoms with Crippen molar-refractivity contribution in [1.29, 1.82) is 0 Å². The molecule has 4 amide bonds. The zero-order valence-corrected chi connectivity index (χ0v) is 16.3. The molecule has 7 nitrogen and oxygen atoms in total. The van der Waals surface area contributed by atoms with E-state index in [1.165, 1.54) is 0 Å². The first-order chi connectivity index (χ1) is 13.2. The third-order valence-electron chi connectivity index (χ3n) is 3.80. The normalized spacial score (nSPS) is 10.7. The number of hydrogen-bond acceptors (Lipinski definition) is 4. The van der Waals surface area contributed by atoms with Crippen molar-refractivity contribution >= 4 is 29.2 Å². The molecule has 0 aromatic heterocycles. The number of amides is 4. The van der Waals surface area contributed by atoms with Crippen LogP contribution in [0.1, 0.15) is 26.3 Å². The summed E-state index contributed by atoms with van der Waals surface area (Å²) in [6.07, 6.45) is 0. The van der Waals surface area contributed by atoms with E-state index in [-0.39, 0.29) is 12.5 Å². The van der Waals surface area contributed by atoms with Gasteiger partial charge in [-0.05, 0) is 23.8 Å². The Morgan fingerprint density at radius 3 is 2.25 bits per heavy atom. The van der Waals surface area contributed by atoms with E-state index >= 15 is 0 Å². The summed E-state index contributed by atoms with van der Waals surface area (Å²) in [5.74, 6) is -0.563. The third kappa shape index (κ3) is 7.11. The highest BCUT2D eigenvalue weighted by atomic mass is 16.2. The molecule has 0 spiro atoms. The number of anilines is 2. The first-order valence-electron chi connectivity index (χ1n) is 9.01. The minimum Gasteiger partial charge on any atom is -0.376 e. The number of hydrogen-bond donors (Lipinski definition) is 4. The second-order valence-electron chi connectivity index (χ2n) is 7.35. The summed E-state index contributed by atoms with van der Waals surface area (Å²) in [7, 11) is 0. The van der Waals surface area contributed by atoms with E-state index in [2.05, 4.69) is 21.3 Å². The van der Waals surface area contributed by atoms with Gasteiger partial charge in [0, 0.05) is 23.3 Å². The molecule has 0 atom stereocenters. The van der Waals surface area contributed by atoms with Gasteiger partial charge < -0.3 is 16.0 Å². The van der Waals surface area contributed by atoms with E-state index in [4.69, 9.17) is 0 Å². The lowest BCUT2D eigenvalue weighted by Gasteiger charge is -2.18. The Morgan fingerprint density at radius 1 is 0.893 bits per heavy atom. The lowest BCUT2D eigenvalue weighted by molar-refractivity contribution is -0.123. The van der Waals surface area contributed by atoms with Crippen molar-refractivity contribution in [2.45, 2.75) is 27.3 Å². The van der Waals surface area contributed by atoms with Gasteiger partial charge in [0.1, 0.15) is 0 Å². The summed E-state index contributed by atoms with van der Waals surface area (Å²) in [5.41, 5.74) is 1.73. The van der Waals surface area contributed by atoms with Gasteiger partial charge in [-0.2, -0.15) is 0 Å². The Hall–Kier alpha value is -3.35. The molecular formula is C21H26N4O3. The largest absolute Gasteiger partial charge is 0.376 e. The number of carbonyl (C=O) groups is 3. The molecule has 0 heterocycles. The Labute approximate surface area is 164 Å². The van der Waals surface area contributed by atoms with Crippen molar-refractivity contribution in [3.8, 4) is 0 Å². The van der Waals surface area contributed by atoms with Crippen molar-refractivity contribution in [2.75, 3.05) is 17.2 Å². The van der Waals surface area contributed by atoms with E-state index in [0.717, 1.165) is 5.56 Å². The first kappa shape index (κ1) is 21.0. The van der Waals surface area contributed by atoms with Gasteiger partial charge in [0.15, 0.2) is 0 Å². The Balaban J connectivity index is 1.78. The molecule has 0 bridgehead atoms. The van der Waals surface area contributed by atoms with Gasteiger partial charge >= 0.3 is 6.03 Å². The van der Waals surface area contributed by atoms with Crippen LogP contribution in [0.4, 0.5) is 16.2 Å². The lowest BCUT2D eigenvalue weighted by atomic mass is 9.95. The molecule has 2 aromatic rings. The number of carbonyl (C=O) groups excluding carboxylic acids is 3. The van der Waals surface area contributed by atoms with E-state index < -0.39 is 17.4 Å². The monoisotopic (exact) mass is 382 g/mol. The van der Waals surface area contributed by atoms with Crippen LogP contribution in [-0.2, 0) is 16.1 Å². The summed E-state index contributed by atoms with van der Waals surface area (Å²) in [4.78, 5) is 35.8. The van der Waals surface area contributed by atoms with E-state index in [9.17, 15) is 14.4 Å². The average Bonchev–Trinajstić information content (AvgIpc) is 2.65. The van der Waals surface area contributed by atoms with Crippen molar-refractivity contribution in [1.82, 2.24) is 10.6 Å². The summed E-state index contributed by atoms with van der Waals surface area (Å²) in [5, 5.41) is 10.7. The van der Waals surface area contributed by atoms with Crippen LogP contribution in [0.2, 0.25) is 0 Å². The predicted octanol–water partition coefficient (Wildman–Crippen LogP) is 3.11. The highest BCUT2D eigenvalue weighted by Crippen LogP contribution is 2.19. The SMILES string of the molecule is CC(C)(C)C(=O)Nc1cccc(NCC(=O)NC(=O)NCc2ccccc2)c1. The fourth-order valence-corrected chi connectivity index (χ4v) is 2.20. The standard InChI is InChI=1S/C21H26N4O3/c1-21(2,3)19(27)24-17-11-7-10-16(12-17)22-14-18(26)25-20(28)23-13-15-8-5-4-6-9-15/h4-12,22H,13-14H2,1-3H3,(H,24,27)(H2,23,25,26,28). The number of rotatable bonds is 6. The number of urea groups is 1. The van der Waals surface area contributed by atoms with Crippen LogP contribution in [0.25, 0.3) is 0 Å². The minimum atomic E-state index is -0.554. The van der Waals surface area contributed by atoms with Gasteiger partial charge in [-0.1, -0.05) is 57.2 Å². The molecule has 28 heavy (non-hydrogen) atoms. The van der Waals surface area contributed by atoms with Crippen molar-refractivity contribution in [3.05, 3.63) is 60.2 Å². The summed E-state index contributed by atoms with van der Waals surface area (Å²) < 4.78 is 0. The molecule has 148 valence electrons. The molecule has 0 unspecified atom stereocenters. The van der Waals surface area contributed by atoms with Crippen LogP contribution in [0.15, 0.2) is 54.6 Å². The molecule has 0 aliphatic heterocycles. The van der Waals surface area contributed by atoms with Crippen LogP contribution in [0.3, 0.4) is 0 Å². The van der Waals surface area contributed by atoms with Crippen molar-refractivity contribution in [2.24, 2.45) is 5.41 Å². The Morgan fingerprint density at radius 2 is 1.57 bits per heavy atom. The third-order valence-corrected chi connectivity index (χ3v) is 3.80. The first-order valence-corrected chi connectivity index (χ1v) is 9.01. The Kier molecular flexibility index (Phi) is 7.14. The summed E-state index contributed by atoms with van der Waals surface area (Å²) in [6.45, 7) is 5.76. The smallest absolute Gasteiger partial charge is 0.321 e. The van der Waals surface area contributed by atoms with Gasteiger partial charge in [0.05, 0.1) is 6.54 Å². The second-order valence-corrected chi connectivity index (χ2v) is 7.35. The van der Waals surface area contributed by atoms with Crippen LogP contribution >= 0.6 is 0 Å². The maximum atomic E-state index is 12.1. The number of imide groups is 1. The predicted molar refractivity (Wildman–Crippen MR) is 110 cm³/mol. The zero-order chi connectivity index (χ0) is 20.6. The van der Waals surface area contributed by atoms with Gasteiger partial charge in [-0.25, -0.2) is 4.79 Å². The quantitative estimate of drug-likeness (QED) is 0.617. The lowest BCUT2D eigenvalue weighted by Crippen LogP contribution is -2.41. The molecule has 0 saturated heterocycles. The fraction of sp³-hybridized carbons (Fsp3) is 0.286. The van der Waals surface area contributed by atoms with E-state index in [1.807, 2.05) is 51.1 Å². The highest BCUT2D eigenvalue weighted by Gasteiger charge is 2.21.